The molecule has 0 spiro atoms. The number of hydrogen-bond donors (Lipinski definition) is 0. The molecule has 1 aliphatic rings. The van der Waals surface area contributed by atoms with Gasteiger partial charge < -0.3 is 0 Å². The number of sulfone groups is 1. The number of hydrogen-bond acceptors (Lipinski definition) is 6. The van der Waals surface area contributed by atoms with E-state index in [4.69, 9.17) is 0 Å². The Labute approximate surface area is 179 Å². The van der Waals surface area contributed by atoms with Crippen LogP contribution in [0.15, 0.2) is 41.8 Å². The van der Waals surface area contributed by atoms with Gasteiger partial charge in [-0.1, -0.05) is 13.0 Å². The first kappa shape index (κ1) is 21.2. The molecule has 160 valence electrons. The van der Waals surface area contributed by atoms with Gasteiger partial charge in [0, 0.05) is 41.9 Å². The summed E-state index contributed by atoms with van der Waals surface area (Å²) < 4.78 is 54.1. The van der Waals surface area contributed by atoms with Crippen molar-refractivity contribution in [3.05, 3.63) is 70.9 Å². The van der Waals surface area contributed by atoms with Crippen molar-refractivity contribution >= 4 is 21.7 Å². The number of benzene rings is 1. The molecule has 1 aliphatic heterocycles. The second kappa shape index (κ2) is 8.58. The van der Waals surface area contributed by atoms with Crippen LogP contribution in [-0.4, -0.2) is 35.3 Å². The molecule has 0 saturated heterocycles. The van der Waals surface area contributed by atoms with E-state index in [1.165, 1.54) is 18.6 Å². The van der Waals surface area contributed by atoms with Crippen molar-refractivity contribution in [2.75, 3.05) is 5.75 Å². The molecule has 0 N–H and O–H groups in total. The van der Waals surface area contributed by atoms with Crippen molar-refractivity contribution in [3.8, 4) is 11.3 Å². The molecule has 9 heteroatoms. The maximum Gasteiger partial charge on any atom is 0.154 e. The number of rotatable bonds is 7. The molecule has 0 saturated carbocycles. The van der Waals surface area contributed by atoms with Gasteiger partial charge >= 0.3 is 0 Å². The zero-order valence-electron chi connectivity index (χ0n) is 16.8. The van der Waals surface area contributed by atoms with Gasteiger partial charge in [-0.05, 0) is 24.6 Å². The molecule has 0 atom stereocenters. The number of halogens is 2. The summed E-state index contributed by atoms with van der Waals surface area (Å²) in [5, 5.41) is 0. The summed E-state index contributed by atoms with van der Waals surface area (Å²) >= 11 is 0. The fourth-order valence-corrected chi connectivity index (χ4v) is 5.09. The van der Waals surface area contributed by atoms with Gasteiger partial charge in [-0.15, -0.1) is 0 Å². The third-order valence-electron chi connectivity index (χ3n) is 5.05. The Hall–Kier alpha value is -3.07. The van der Waals surface area contributed by atoms with Crippen LogP contribution in [-0.2, 0) is 28.4 Å². The lowest BCUT2D eigenvalue weighted by Crippen LogP contribution is -2.12. The van der Waals surface area contributed by atoms with Gasteiger partial charge in [-0.2, -0.15) is 0 Å². The Morgan fingerprint density at radius 2 is 1.94 bits per heavy atom. The van der Waals surface area contributed by atoms with Crippen LogP contribution in [0.1, 0.15) is 35.9 Å². The van der Waals surface area contributed by atoms with Gasteiger partial charge in [0.2, 0.25) is 0 Å². The Morgan fingerprint density at radius 3 is 2.74 bits per heavy atom. The summed E-state index contributed by atoms with van der Waals surface area (Å²) in [5.41, 5.74) is 2.69. The molecule has 0 bridgehead atoms. The lowest BCUT2D eigenvalue weighted by Gasteiger charge is -2.13. The van der Waals surface area contributed by atoms with Crippen LogP contribution < -0.4 is 0 Å². The van der Waals surface area contributed by atoms with E-state index in [0.29, 0.717) is 35.5 Å². The van der Waals surface area contributed by atoms with Crippen LogP contribution >= 0.6 is 0 Å². The normalized spacial score (nSPS) is 12.9. The SMILES string of the molecule is CCCS(=O)(=O)Cc1ccc(F)c(Cc2ncccc2-c2ncnc3c2N=CC3)c1F. The summed E-state index contributed by atoms with van der Waals surface area (Å²) in [5.74, 6) is -2.13. The van der Waals surface area contributed by atoms with E-state index in [0.717, 1.165) is 11.8 Å². The molecule has 6 nitrogen and oxygen atoms in total. The molecular formula is C22H20F2N4O2S. The van der Waals surface area contributed by atoms with E-state index in [1.807, 2.05) is 0 Å². The van der Waals surface area contributed by atoms with Crippen LogP contribution in [0.5, 0.6) is 0 Å². The van der Waals surface area contributed by atoms with Gasteiger partial charge in [-0.25, -0.2) is 27.2 Å². The minimum atomic E-state index is -3.48. The minimum absolute atomic E-state index is 0.0464. The van der Waals surface area contributed by atoms with E-state index >= 15 is 4.39 Å². The smallest absolute Gasteiger partial charge is 0.154 e. The van der Waals surface area contributed by atoms with Gasteiger partial charge in [0.25, 0.3) is 0 Å². The third-order valence-corrected chi connectivity index (χ3v) is 6.83. The minimum Gasteiger partial charge on any atom is -0.260 e. The van der Waals surface area contributed by atoms with Crippen molar-refractivity contribution in [1.82, 2.24) is 15.0 Å². The molecule has 0 unspecified atom stereocenters. The third kappa shape index (κ3) is 4.36. The van der Waals surface area contributed by atoms with Crippen molar-refractivity contribution in [2.45, 2.75) is 31.9 Å². The van der Waals surface area contributed by atoms with E-state index in [9.17, 15) is 12.8 Å². The predicted molar refractivity (Wildman–Crippen MR) is 114 cm³/mol. The number of aliphatic imine (C=N–C) groups is 1. The topological polar surface area (TPSA) is 85.2 Å². The predicted octanol–water partition coefficient (Wildman–Crippen LogP) is 3.99. The fraction of sp³-hybridized carbons (Fsp3) is 0.273. The van der Waals surface area contributed by atoms with Crippen LogP contribution in [0.4, 0.5) is 14.5 Å². The number of nitrogens with zero attached hydrogens (tertiary/aromatic N) is 4. The highest BCUT2D eigenvalue weighted by atomic mass is 32.2. The van der Waals surface area contributed by atoms with E-state index < -0.39 is 27.2 Å². The van der Waals surface area contributed by atoms with Gasteiger partial charge in [0.05, 0.1) is 22.9 Å². The first-order valence-electron chi connectivity index (χ1n) is 9.86. The molecule has 3 aromatic rings. The molecule has 1 aromatic carbocycles. The Morgan fingerprint density at radius 1 is 1.10 bits per heavy atom. The van der Waals surface area contributed by atoms with E-state index in [-0.39, 0.29) is 23.3 Å². The quantitative estimate of drug-likeness (QED) is 0.552. The zero-order valence-corrected chi connectivity index (χ0v) is 17.7. The number of aromatic nitrogens is 3. The lowest BCUT2D eigenvalue weighted by atomic mass is 9.99. The van der Waals surface area contributed by atoms with Crippen molar-refractivity contribution < 1.29 is 17.2 Å². The highest BCUT2D eigenvalue weighted by molar-refractivity contribution is 7.90. The Kier molecular flexibility index (Phi) is 5.86. The fourth-order valence-electron chi connectivity index (χ4n) is 3.62. The molecule has 0 amide bonds. The summed E-state index contributed by atoms with van der Waals surface area (Å²) in [6, 6.07) is 5.77. The van der Waals surface area contributed by atoms with Crippen LogP contribution in [0.3, 0.4) is 0 Å². The summed E-state index contributed by atoms with van der Waals surface area (Å²) in [6.45, 7) is 1.74. The van der Waals surface area contributed by atoms with Crippen molar-refractivity contribution in [3.63, 3.8) is 0 Å². The van der Waals surface area contributed by atoms with E-state index in [1.54, 1.807) is 25.3 Å². The highest BCUT2D eigenvalue weighted by Gasteiger charge is 2.22. The lowest BCUT2D eigenvalue weighted by molar-refractivity contribution is 0.550. The maximum atomic E-state index is 15.2. The zero-order chi connectivity index (χ0) is 22.0. The van der Waals surface area contributed by atoms with Gasteiger partial charge in [0.15, 0.2) is 9.84 Å². The molecular weight excluding hydrogens is 422 g/mol. The standard InChI is InChI=1S/C22H20F2N4O2S/c1-2-10-31(29,30)12-14-5-6-17(23)16(20(14)24)11-19-15(4-3-8-25-19)21-22-18(7-9-26-22)27-13-28-21/h3-6,8-9,13H,2,7,10-12H2,1H3. The molecule has 3 heterocycles. The number of fused-ring (bicyclic) bond motifs is 1. The largest absolute Gasteiger partial charge is 0.260 e. The van der Waals surface area contributed by atoms with E-state index in [2.05, 4.69) is 19.9 Å². The van der Waals surface area contributed by atoms with Crippen LogP contribution in [0.25, 0.3) is 11.3 Å². The second-order valence-corrected chi connectivity index (χ2v) is 9.48. The monoisotopic (exact) mass is 442 g/mol. The molecule has 0 radical (unpaired) electrons. The molecule has 2 aromatic heterocycles. The van der Waals surface area contributed by atoms with Gasteiger partial charge in [-0.3, -0.25) is 9.98 Å². The van der Waals surface area contributed by atoms with Crippen LogP contribution in [0.2, 0.25) is 0 Å². The maximum absolute atomic E-state index is 15.2. The molecule has 31 heavy (non-hydrogen) atoms. The molecule has 0 aliphatic carbocycles. The summed E-state index contributed by atoms with van der Waals surface area (Å²) in [7, 11) is -3.48. The second-order valence-electron chi connectivity index (χ2n) is 7.30. The summed E-state index contributed by atoms with van der Waals surface area (Å²) in [4.78, 5) is 17.2. The number of pyridine rings is 1. The molecule has 4 rings (SSSR count). The first-order chi connectivity index (χ1) is 14.9. The average Bonchev–Trinajstić information content (AvgIpc) is 3.22. The van der Waals surface area contributed by atoms with Crippen molar-refractivity contribution in [1.29, 1.82) is 0 Å². The Bertz CT molecular complexity index is 1280. The molecule has 0 fully saturated rings. The Balaban J connectivity index is 1.74. The average molecular weight is 442 g/mol. The first-order valence-corrected chi connectivity index (χ1v) is 11.7. The van der Waals surface area contributed by atoms with Gasteiger partial charge in [0.1, 0.15) is 29.3 Å². The summed E-state index contributed by atoms with van der Waals surface area (Å²) in [6.07, 6.45) is 5.57. The van der Waals surface area contributed by atoms with Crippen molar-refractivity contribution in [2.24, 2.45) is 4.99 Å². The highest BCUT2D eigenvalue weighted by Crippen LogP contribution is 2.35. The van der Waals surface area contributed by atoms with Crippen LogP contribution in [0, 0.1) is 11.6 Å².